The summed E-state index contributed by atoms with van der Waals surface area (Å²) < 4.78 is 5.48. The Morgan fingerprint density at radius 2 is 2.05 bits per heavy atom. The SMILES string of the molecule is C[C@H]1OCCN(Cc2ccc(CO)cc2)[C@@H]1C(N)=O. The average Bonchev–Trinajstić information content (AvgIpc) is 2.39. The van der Waals surface area contributed by atoms with Gasteiger partial charge in [0.1, 0.15) is 6.04 Å². The smallest absolute Gasteiger partial charge is 0.237 e. The fourth-order valence-electron chi connectivity index (χ4n) is 2.46. The molecule has 5 heteroatoms. The third kappa shape index (κ3) is 3.32. The zero-order valence-electron chi connectivity index (χ0n) is 11.1. The first-order valence-electron chi connectivity index (χ1n) is 6.45. The van der Waals surface area contributed by atoms with E-state index in [1.54, 1.807) is 0 Å². The van der Waals surface area contributed by atoms with Crippen molar-refractivity contribution in [3.05, 3.63) is 35.4 Å². The molecule has 1 saturated heterocycles. The van der Waals surface area contributed by atoms with Crippen molar-refractivity contribution in [3.8, 4) is 0 Å². The fraction of sp³-hybridized carbons (Fsp3) is 0.500. The molecule has 1 aromatic rings. The number of rotatable bonds is 4. The maximum atomic E-state index is 11.5. The second kappa shape index (κ2) is 6.14. The minimum absolute atomic E-state index is 0.0405. The van der Waals surface area contributed by atoms with Crippen LogP contribution >= 0.6 is 0 Å². The second-order valence-electron chi connectivity index (χ2n) is 4.87. The van der Waals surface area contributed by atoms with Crippen molar-refractivity contribution in [1.29, 1.82) is 0 Å². The maximum absolute atomic E-state index is 11.5. The normalized spacial score (nSPS) is 24.3. The van der Waals surface area contributed by atoms with Crippen molar-refractivity contribution in [2.24, 2.45) is 5.73 Å². The highest BCUT2D eigenvalue weighted by molar-refractivity contribution is 5.80. The lowest BCUT2D eigenvalue weighted by molar-refractivity contribution is -0.136. The van der Waals surface area contributed by atoms with E-state index in [-0.39, 0.29) is 24.7 Å². The lowest BCUT2D eigenvalue weighted by atomic mass is 10.1. The van der Waals surface area contributed by atoms with Crippen LogP contribution < -0.4 is 5.73 Å². The van der Waals surface area contributed by atoms with E-state index in [4.69, 9.17) is 15.6 Å². The third-order valence-corrected chi connectivity index (χ3v) is 3.48. The number of nitrogens with zero attached hydrogens (tertiary/aromatic N) is 1. The molecular weight excluding hydrogens is 244 g/mol. The van der Waals surface area contributed by atoms with E-state index in [1.165, 1.54) is 0 Å². The van der Waals surface area contributed by atoms with Gasteiger partial charge in [-0.2, -0.15) is 0 Å². The average molecular weight is 264 g/mol. The van der Waals surface area contributed by atoms with Gasteiger partial charge in [0.2, 0.25) is 5.91 Å². The van der Waals surface area contributed by atoms with E-state index in [1.807, 2.05) is 36.1 Å². The molecule has 19 heavy (non-hydrogen) atoms. The van der Waals surface area contributed by atoms with Gasteiger partial charge in [0.05, 0.1) is 19.3 Å². The van der Waals surface area contributed by atoms with Crippen molar-refractivity contribution in [2.75, 3.05) is 13.2 Å². The zero-order chi connectivity index (χ0) is 13.8. The molecular formula is C14H20N2O3. The van der Waals surface area contributed by atoms with Crippen LogP contribution in [0, 0.1) is 0 Å². The number of carbonyl (C=O) groups excluding carboxylic acids is 1. The molecule has 2 rings (SSSR count). The molecule has 1 aromatic carbocycles. The van der Waals surface area contributed by atoms with E-state index in [0.717, 1.165) is 11.1 Å². The number of aliphatic hydroxyl groups excluding tert-OH is 1. The Hall–Kier alpha value is -1.43. The third-order valence-electron chi connectivity index (χ3n) is 3.48. The van der Waals surface area contributed by atoms with E-state index in [0.29, 0.717) is 19.7 Å². The summed E-state index contributed by atoms with van der Waals surface area (Å²) in [5.74, 6) is -0.348. The number of hydrogen-bond donors (Lipinski definition) is 2. The van der Waals surface area contributed by atoms with E-state index in [2.05, 4.69) is 0 Å². The summed E-state index contributed by atoms with van der Waals surface area (Å²) in [6, 6.07) is 7.32. The molecule has 1 heterocycles. The topological polar surface area (TPSA) is 75.8 Å². The quantitative estimate of drug-likeness (QED) is 0.817. The highest BCUT2D eigenvalue weighted by atomic mass is 16.5. The van der Waals surface area contributed by atoms with Gasteiger partial charge in [-0.1, -0.05) is 24.3 Å². The summed E-state index contributed by atoms with van der Waals surface area (Å²) in [7, 11) is 0. The number of morpholine rings is 1. The van der Waals surface area contributed by atoms with Gasteiger partial charge in [-0.05, 0) is 18.1 Å². The first kappa shape index (κ1) is 14.0. The number of carbonyl (C=O) groups is 1. The molecule has 0 aliphatic carbocycles. The number of amides is 1. The highest BCUT2D eigenvalue weighted by Crippen LogP contribution is 2.17. The number of primary amides is 1. The summed E-state index contributed by atoms with van der Waals surface area (Å²) in [6.45, 7) is 3.88. The first-order valence-corrected chi connectivity index (χ1v) is 6.45. The summed E-state index contributed by atoms with van der Waals surface area (Å²) in [5.41, 5.74) is 7.43. The molecule has 0 radical (unpaired) electrons. The standard InChI is InChI=1S/C14H20N2O3/c1-10-13(14(15)18)16(6-7-19-10)8-11-2-4-12(9-17)5-3-11/h2-5,10,13,17H,6-9H2,1H3,(H2,15,18)/t10-,13+/m1/s1. The van der Waals surface area contributed by atoms with Gasteiger partial charge in [-0.25, -0.2) is 0 Å². The van der Waals surface area contributed by atoms with Gasteiger partial charge in [-0.3, -0.25) is 9.69 Å². The van der Waals surface area contributed by atoms with Crippen LogP contribution in [0.2, 0.25) is 0 Å². The van der Waals surface area contributed by atoms with Crippen molar-refractivity contribution < 1.29 is 14.6 Å². The van der Waals surface area contributed by atoms with Gasteiger partial charge >= 0.3 is 0 Å². The van der Waals surface area contributed by atoms with Gasteiger partial charge in [0.15, 0.2) is 0 Å². The molecule has 5 nitrogen and oxygen atoms in total. The van der Waals surface area contributed by atoms with Crippen LogP contribution in [-0.2, 0) is 22.7 Å². The molecule has 1 aliphatic heterocycles. The second-order valence-corrected chi connectivity index (χ2v) is 4.87. The van der Waals surface area contributed by atoms with Gasteiger partial charge in [0, 0.05) is 13.1 Å². The predicted molar refractivity (Wildman–Crippen MR) is 71.2 cm³/mol. The first-order chi connectivity index (χ1) is 9.11. The lowest BCUT2D eigenvalue weighted by Crippen LogP contribution is -2.56. The number of nitrogens with two attached hydrogens (primary N) is 1. The van der Waals surface area contributed by atoms with Crippen LogP contribution in [0.5, 0.6) is 0 Å². The molecule has 0 aromatic heterocycles. The Bertz CT molecular complexity index is 433. The van der Waals surface area contributed by atoms with Crippen molar-refractivity contribution >= 4 is 5.91 Å². The summed E-state index contributed by atoms with van der Waals surface area (Å²) in [5, 5.41) is 9.01. The summed E-state index contributed by atoms with van der Waals surface area (Å²) in [4.78, 5) is 13.6. The Morgan fingerprint density at radius 1 is 1.42 bits per heavy atom. The molecule has 0 saturated carbocycles. The predicted octanol–water partition coefficient (Wildman–Crippen LogP) is 0.254. The highest BCUT2D eigenvalue weighted by Gasteiger charge is 2.33. The minimum Gasteiger partial charge on any atom is -0.392 e. The maximum Gasteiger partial charge on any atom is 0.237 e. The van der Waals surface area contributed by atoms with Crippen LogP contribution in [0.3, 0.4) is 0 Å². The van der Waals surface area contributed by atoms with Crippen LogP contribution in [0.15, 0.2) is 24.3 Å². The number of benzene rings is 1. The molecule has 0 unspecified atom stereocenters. The number of ether oxygens (including phenoxy) is 1. The van der Waals surface area contributed by atoms with Crippen LogP contribution in [0.4, 0.5) is 0 Å². The molecule has 3 N–H and O–H groups in total. The molecule has 104 valence electrons. The van der Waals surface area contributed by atoms with E-state index >= 15 is 0 Å². The zero-order valence-corrected chi connectivity index (χ0v) is 11.1. The number of aliphatic hydroxyl groups is 1. The van der Waals surface area contributed by atoms with Crippen LogP contribution in [0.25, 0.3) is 0 Å². The molecule has 1 aliphatic rings. The van der Waals surface area contributed by atoms with Crippen molar-refractivity contribution in [3.63, 3.8) is 0 Å². The van der Waals surface area contributed by atoms with Gasteiger partial charge < -0.3 is 15.6 Å². The largest absolute Gasteiger partial charge is 0.392 e. The monoisotopic (exact) mass is 264 g/mol. The van der Waals surface area contributed by atoms with Crippen molar-refractivity contribution in [1.82, 2.24) is 4.90 Å². The number of hydrogen-bond acceptors (Lipinski definition) is 4. The van der Waals surface area contributed by atoms with E-state index < -0.39 is 0 Å². The minimum atomic E-state index is -0.383. The van der Waals surface area contributed by atoms with Crippen LogP contribution in [0.1, 0.15) is 18.1 Å². The Morgan fingerprint density at radius 3 is 2.63 bits per heavy atom. The molecule has 2 atom stereocenters. The summed E-state index contributed by atoms with van der Waals surface area (Å²) >= 11 is 0. The molecule has 0 spiro atoms. The van der Waals surface area contributed by atoms with Gasteiger partial charge in [-0.15, -0.1) is 0 Å². The Labute approximate surface area is 113 Å². The Balaban J connectivity index is 2.08. The lowest BCUT2D eigenvalue weighted by Gasteiger charge is -2.37. The molecule has 0 bridgehead atoms. The fourth-order valence-corrected chi connectivity index (χ4v) is 2.46. The van der Waals surface area contributed by atoms with Gasteiger partial charge in [0.25, 0.3) is 0 Å². The molecule has 1 amide bonds. The Kier molecular flexibility index (Phi) is 4.52. The summed E-state index contributed by atoms with van der Waals surface area (Å²) in [6.07, 6.45) is -0.178. The van der Waals surface area contributed by atoms with Crippen molar-refractivity contribution in [2.45, 2.75) is 32.2 Å². The molecule has 1 fully saturated rings. The van der Waals surface area contributed by atoms with E-state index in [9.17, 15) is 4.79 Å². The van der Waals surface area contributed by atoms with Crippen LogP contribution in [-0.4, -0.2) is 41.2 Å².